The Labute approximate surface area is 77.7 Å². The first-order valence-corrected chi connectivity index (χ1v) is 5.11. The second-order valence-corrected chi connectivity index (χ2v) is 4.70. The van der Waals surface area contributed by atoms with Crippen molar-refractivity contribution in [2.45, 2.75) is 31.7 Å². The lowest BCUT2D eigenvalue weighted by Gasteiger charge is -2.50. The first-order valence-electron chi connectivity index (χ1n) is 5.11. The highest BCUT2D eigenvalue weighted by Crippen LogP contribution is 2.65. The standard InChI is InChI=1S/C11H13NO/c13-7-12-9-2-1-8-6-11(3-4-11)10(8)5-9/h3-4,8-10H,1-2,5-6H2. The number of isocyanates is 1. The van der Waals surface area contributed by atoms with E-state index in [-0.39, 0.29) is 6.04 Å². The molecule has 0 radical (unpaired) electrons. The molecule has 3 aliphatic rings. The average molecular weight is 175 g/mol. The van der Waals surface area contributed by atoms with E-state index in [1.54, 1.807) is 6.08 Å². The van der Waals surface area contributed by atoms with Gasteiger partial charge in [-0.1, -0.05) is 12.2 Å². The van der Waals surface area contributed by atoms with Crippen molar-refractivity contribution in [3.8, 4) is 0 Å². The highest BCUT2D eigenvalue weighted by atomic mass is 16.1. The Kier molecular flexibility index (Phi) is 1.35. The van der Waals surface area contributed by atoms with Crippen molar-refractivity contribution in [3.63, 3.8) is 0 Å². The van der Waals surface area contributed by atoms with Gasteiger partial charge in [0.15, 0.2) is 0 Å². The van der Waals surface area contributed by atoms with Gasteiger partial charge in [0.25, 0.3) is 0 Å². The molecule has 2 fully saturated rings. The van der Waals surface area contributed by atoms with Gasteiger partial charge < -0.3 is 0 Å². The summed E-state index contributed by atoms with van der Waals surface area (Å²) in [5, 5.41) is 0. The quantitative estimate of drug-likeness (QED) is 0.341. The predicted molar refractivity (Wildman–Crippen MR) is 48.9 cm³/mol. The van der Waals surface area contributed by atoms with Crippen LogP contribution in [0.15, 0.2) is 17.1 Å². The largest absolute Gasteiger partial charge is 0.235 e. The molecule has 0 bridgehead atoms. The minimum atomic E-state index is 0.276. The molecule has 3 atom stereocenters. The summed E-state index contributed by atoms with van der Waals surface area (Å²) in [4.78, 5) is 14.0. The van der Waals surface area contributed by atoms with Crippen molar-refractivity contribution in [1.82, 2.24) is 0 Å². The van der Waals surface area contributed by atoms with E-state index >= 15 is 0 Å². The topological polar surface area (TPSA) is 29.4 Å². The molecule has 1 spiro atoms. The molecule has 2 saturated carbocycles. The number of fused-ring (bicyclic) bond motifs is 2. The molecular weight excluding hydrogens is 162 g/mol. The van der Waals surface area contributed by atoms with E-state index < -0.39 is 0 Å². The summed E-state index contributed by atoms with van der Waals surface area (Å²) in [6, 6.07) is 0.276. The van der Waals surface area contributed by atoms with Gasteiger partial charge in [0.05, 0.1) is 6.04 Å². The smallest absolute Gasteiger partial charge is 0.211 e. The third-order valence-corrected chi connectivity index (χ3v) is 4.10. The summed E-state index contributed by atoms with van der Waals surface area (Å²) in [5.74, 6) is 1.73. The van der Waals surface area contributed by atoms with Gasteiger partial charge in [0.2, 0.25) is 6.08 Å². The van der Waals surface area contributed by atoms with E-state index in [4.69, 9.17) is 0 Å². The summed E-state index contributed by atoms with van der Waals surface area (Å²) in [5.41, 5.74) is 0.502. The van der Waals surface area contributed by atoms with Crippen LogP contribution in [0.1, 0.15) is 25.7 Å². The fourth-order valence-electron chi connectivity index (χ4n) is 3.24. The van der Waals surface area contributed by atoms with Crippen molar-refractivity contribution < 1.29 is 4.79 Å². The summed E-state index contributed by atoms with van der Waals surface area (Å²) in [6.07, 6.45) is 11.2. The van der Waals surface area contributed by atoms with E-state index in [0.717, 1.165) is 24.7 Å². The Bertz CT molecular complexity index is 308. The van der Waals surface area contributed by atoms with Crippen molar-refractivity contribution in [1.29, 1.82) is 0 Å². The number of carbonyl (C=O) groups excluding carboxylic acids is 1. The van der Waals surface area contributed by atoms with Gasteiger partial charge in [0, 0.05) is 5.41 Å². The molecule has 0 aromatic heterocycles. The summed E-state index contributed by atoms with van der Waals surface area (Å²) in [6.45, 7) is 0. The molecule has 0 heterocycles. The van der Waals surface area contributed by atoms with Gasteiger partial charge in [-0.15, -0.1) is 0 Å². The highest BCUT2D eigenvalue weighted by Gasteiger charge is 2.57. The Morgan fingerprint density at radius 2 is 2.23 bits per heavy atom. The molecule has 0 amide bonds. The van der Waals surface area contributed by atoms with E-state index in [1.165, 1.54) is 12.8 Å². The van der Waals surface area contributed by atoms with Crippen LogP contribution in [0.4, 0.5) is 0 Å². The van der Waals surface area contributed by atoms with Gasteiger partial charge in [-0.25, -0.2) is 9.79 Å². The zero-order valence-electron chi connectivity index (χ0n) is 7.57. The Balaban J connectivity index is 1.71. The zero-order valence-corrected chi connectivity index (χ0v) is 7.57. The second kappa shape index (κ2) is 2.33. The van der Waals surface area contributed by atoms with Gasteiger partial charge >= 0.3 is 0 Å². The predicted octanol–water partition coefficient (Wildman–Crippen LogP) is 2.07. The molecule has 3 rings (SSSR count). The number of rotatable bonds is 1. The van der Waals surface area contributed by atoms with Crippen LogP contribution < -0.4 is 0 Å². The lowest BCUT2D eigenvalue weighted by molar-refractivity contribution is 0.0208. The third kappa shape index (κ3) is 0.955. The molecule has 2 nitrogen and oxygen atoms in total. The Morgan fingerprint density at radius 1 is 1.38 bits per heavy atom. The van der Waals surface area contributed by atoms with Crippen LogP contribution >= 0.6 is 0 Å². The van der Waals surface area contributed by atoms with E-state index in [2.05, 4.69) is 17.1 Å². The molecule has 0 aliphatic heterocycles. The monoisotopic (exact) mass is 175 g/mol. The highest BCUT2D eigenvalue weighted by molar-refractivity contribution is 5.36. The third-order valence-electron chi connectivity index (χ3n) is 4.10. The lowest BCUT2D eigenvalue weighted by Crippen LogP contribution is -2.44. The Hall–Kier alpha value is -0.880. The zero-order chi connectivity index (χ0) is 8.89. The molecule has 0 aromatic carbocycles. The first-order chi connectivity index (χ1) is 6.34. The molecule has 0 N–H and O–H groups in total. The fourth-order valence-corrected chi connectivity index (χ4v) is 3.24. The number of hydrogen-bond acceptors (Lipinski definition) is 2. The number of allylic oxidation sites excluding steroid dienone is 2. The van der Waals surface area contributed by atoms with Crippen molar-refractivity contribution in [2.75, 3.05) is 0 Å². The number of aliphatic imine (C=N–C) groups is 1. The van der Waals surface area contributed by atoms with Crippen LogP contribution in [-0.2, 0) is 4.79 Å². The first kappa shape index (κ1) is 7.52. The van der Waals surface area contributed by atoms with Gasteiger partial charge in [-0.2, -0.15) is 0 Å². The SMILES string of the molecule is O=C=NC1CCC2CC3(C=C3)C2C1. The van der Waals surface area contributed by atoms with Gasteiger partial charge in [-0.3, -0.25) is 0 Å². The van der Waals surface area contributed by atoms with Crippen LogP contribution in [0, 0.1) is 17.3 Å². The normalized spacial score (nSPS) is 43.2. The number of hydrogen-bond donors (Lipinski definition) is 0. The van der Waals surface area contributed by atoms with E-state index in [9.17, 15) is 4.79 Å². The van der Waals surface area contributed by atoms with Crippen LogP contribution in [0.5, 0.6) is 0 Å². The lowest BCUT2D eigenvalue weighted by atomic mass is 9.54. The van der Waals surface area contributed by atoms with Crippen molar-refractivity contribution in [2.24, 2.45) is 22.2 Å². The molecule has 2 heteroatoms. The molecule has 0 saturated heterocycles. The van der Waals surface area contributed by atoms with Crippen LogP contribution in [0.25, 0.3) is 0 Å². The van der Waals surface area contributed by atoms with Crippen molar-refractivity contribution >= 4 is 6.08 Å². The van der Waals surface area contributed by atoms with Gasteiger partial charge in [0.1, 0.15) is 0 Å². The van der Waals surface area contributed by atoms with E-state index in [1.807, 2.05) is 0 Å². The molecule has 13 heavy (non-hydrogen) atoms. The minimum Gasteiger partial charge on any atom is -0.211 e. The van der Waals surface area contributed by atoms with Crippen molar-refractivity contribution in [3.05, 3.63) is 12.2 Å². The van der Waals surface area contributed by atoms with Crippen LogP contribution in [0.2, 0.25) is 0 Å². The molecule has 3 aliphatic carbocycles. The maximum absolute atomic E-state index is 10.1. The summed E-state index contributed by atoms with van der Waals surface area (Å²) < 4.78 is 0. The molecular formula is C11H13NO. The molecule has 0 aromatic rings. The maximum atomic E-state index is 10.1. The number of nitrogens with zero attached hydrogens (tertiary/aromatic N) is 1. The van der Waals surface area contributed by atoms with E-state index in [0.29, 0.717) is 5.41 Å². The average Bonchev–Trinajstić information content (AvgIpc) is 2.88. The Morgan fingerprint density at radius 3 is 2.92 bits per heavy atom. The fraction of sp³-hybridized carbons (Fsp3) is 0.727. The summed E-state index contributed by atoms with van der Waals surface area (Å²) >= 11 is 0. The minimum absolute atomic E-state index is 0.276. The van der Waals surface area contributed by atoms with Crippen LogP contribution in [-0.4, -0.2) is 12.1 Å². The van der Waals surface area contributed by atoms with Gasteiger partial charge in [-0.05, 0) is 37.5 Å². The maximum Gasteiger partial charge on any atom is 0.235 e. The molecule has 68 valence electrons. The van der Waals surface area contributed by atoms with Crippen LogP contribution in [0.3, 0.4) is 0 Å². The second-order valence-electron chi connectivity index (χ2n) is 4.70. The molecule has 3 unspecified atom stereocenters. The summed E-state index contributed by atoms with van der Waals surface area (Å²) in [7, 11) is 0.